The SMILES string of the molecule is Cc1cc(Nc2cc(N3CC(N4CCCCC4)C3)nc(/C=C/c3ccccc3)n2)n[nH]1. The molecule has 0 spiro atoms. The molecular formula is C24H29N7. The van der Waals surface area contributed by atoms with Crippen LogP contribution >= 0.6 is 0 Å². The van der Waals surface area contributed by atoms with Crippen molar-refractivity contribution >= 4 is 29.6 Å². The summed E-state index contributed by atoms with van der Waals surface area (Å²) in [7, 11) is 0. The van der Waals surface area contributed by atoms with Crippen molar-refractivity contribution in [1.29, 1.82) is 0 Å². The van der Waals surface area contributed by atoms with Crippen molar-refractivity contribution in [3.05, 3.63) is 59.5 Å². The number of aromatic nitrogens is 4. The Hall–Kier alpha value is -3.19. The molecule has 3 aromatic rings. The minimum Gasteiger partial charge on any atom is -0.353 e. The van der Waals surface area contributed by atoms with E-state index >= 15 is 0 Å². The van der Waals surface area contributed by atoms with E-state index in [0.29, 0.717) is 11.9 Å². The summed E-state index contributed by atoms with van der Waals surface area (Å²) in [6.45, 7) is 6.51. The van der Waals surface area contributed by atoms with Gasteiger partial charge in [-0.2, -0.15) is 5.10 Å². The number of hydrogen-bond acceptors (Lipinski definition) is 6. The second-order valence-electron chi connectivity index (χ2n) is 8.43. The largest absolute Gasteiger partial charge is 0.353 e. The zero-order chi connectivity index (χ0) is 21.0. The molecule has 7 heteroatoms. The molecule has 5 rings (SSSR count). The molecule has 0 saturated carbocycles. The highest BCUT2D eigenvalue weighted by atomic mass is 15.3. The van der Waals surface area contributed by atoms with Gasteiger partial charge in [0.15, 0.2) is 11.6 Å². The maximum Gasteiger partial charge on any atom is 0.156 e. The lowest BCUT2D eigenvalue weighted by Crippen LogP contribution is -2.60. The van der Waals surface area contributed by atoms with E-state index in [0.717, 1.165) is 41.8 Å². The van der Waals surface area contributed by atoms with E-state index in [1.54, 1.807) is 0 Å². The Morgan fingerprint density at radius 1 is 0.968 bits per heavy atom. The van der Waals surface area contributed by atoms with Crippen molar-refractivity contribution in [2.75, 3.05) is 36.4 Å². The molecule has 7 nitrogen and oxygen atoms in total. The summed E-state index contributed by atoms with van der Waals surface area (Å²) in [5.74, 6) is 3.17. The number of piperidine rings is 1. The zero-order valence-electron chi connectivity index (χ0n) is 18.0. The van der Waals surface area contributed by atoms with E-state index in [2.05, 4.69) is 37.4 Å². The third-order valence-corrected chi connectivity index (χ3v) is 6.01. The molecule has 0 amide bonds. The second-order valence-corrected chi connectivity index (χ2v) is 8.43. The molecule has 0 atom stereocenters. The first-order chi connectivity index (χ1) is 15.2. The average molecular weight is 416 g/mol. The molecule has 2 saturated heterocycles. The lowest BCUT2D eigenvalue weighted by molar-refractivity contribution is 0.138. The smallest absolute Gasteiger partial charge is 0.156 e. The molecule has 2 aliphatic rings. The van der Waals surface area contributed by atoms with Crippen LogP contribution in [-0.4, -0.2) is 57.3 Å². The summed E-state index contributed by atoms with van der Waals surface area (Å²) in [6, 6.07) is 14.9. The Kier molecular flexibility index (Phi) is 5.67. The number of aromatic amines is 1. The van der Waals surface area contributed by atoms with Crippen LogP contribution in [0.5, 0.6) is 0 Å². The molecule has 2 aliphatic heterocycles. The monoisotopic (exact) mass is 415 g/mol. The molecule has 2 aromatic heterocycles. The maximum atomic E-state index is 4.84. The Morgan fingerprint density at radius 3 is 2.52 bits per heavy atom. The van der Waals surface area contributed by atoms with Gasteiger partial charge in [0.1, 0.15) is 11.6 Å². The van der Waals surface area contributed by atoms with E-state index in [9.17, 15) is 0 Å². The highest BCUT2D eigenvalue weighted by molar-refractivity contribution is 5.69. The fourth-order valence-corrected chi connectivity index (χ4v) is 4.26. The number of anilines is 3. The van der Waals surface area contributed by atoms with Crippen molar-refractivity contribution in [2.45, 2.75) is 32.2 Å². The average Bonchev–Trinajstić information content (AvgIpc) is 3.17. The lowest BCUT2D eigenvalue weighted by atomic mass is 10.0. The first kappa shape index (κ1) is 19.8. The maximum absolute atomic E-state index is 4.84. The van der Waals surface area contributed by atoms with E-state index < -0.39 is 0 Å². The molecule has 0 unspecified atom stereocenters. The van der Waals surface area contributed by atoms with Crippen LogP contribution < -0.4 is 10.2 Å². The van der Waals surface area contributed by atoms with Crippen LogP contribution in [0.25, 0.3) is 12.2 Å². The molecule has 0 bridgehead atoms. The minimum absolute atomic E-state index is 0.643. The van der Waals surface area contributed by atoms with Crippen molar-refractivity contribution in [3.63, 3.8) is 0 Å². The number of hydrogen-bond donors (Lipinski definition) is 2. The molecule has 31 heavy (non-hydrogen) atoms. The van der Waals surface area contributed by atoms with Gasteiger partial charge in [-0.25, -0.2) is 9.97 Å². The van der Waals surface area contributed by atoms with Crippen LogP contribution in [0.15, 0.2) is 42.5 Å². The Bertz CT molecular complexity index is 1030. The van der Waals surface area contributed by atoms with Gasteiger partial charge in [0, 0.05) is 37.0 Å². The topological polar surface area (TPSA) is 73.0 Å². The van der Waals surface area contributed by atoms with Gasteiger partial charge >= 0.3 is 0 Å². The highest BCUT2D eigenvalue weighted by Gasteiger charge is 2.33. The number of nitrogens with one attached hydrogen (secondary N) is 2. The van der Waals surface area contributed by atoms with Crippen molar-refractivity contribution < 1.29 is 0 Å². The van der Waals surface area contributed by atoms with Gasteiger partial charge in [-0.15, -0.1) is 0 Å². The highest BCUT2D eigenvalue weighted by Crippen LogP contribution is 2.27. The van der Waals surface area contributed by atoms with Crippen molar-refractivity contribution in [3.8, 4) is 0 Å². The molecule has 1 aromatic carbocycles. The van der Waals surface area contributed by atoms with Gasteiger partial charge in [-0.05, 0) is 44.5 Å². The van der Waals surface area contributed by atoms with Gasteiger partial charge in [0.05, 0.1) is 0 Å². The summed E-state index contributed by atoms with van der Waals surface area (Å²) in [5, 5.41) is 10.6. The van der Waals surface area contributed by atoms with Crippen molar-refractivity contribution in [2.24, 2.45) is 0 Å². The van der Waals surface area contributed by atoms with Crippen LogP contribution in [0, 0.1) is 6.92 Å². The Morgan fingerprint density at radius 2 is 1.77 bits per heavy atom. The molecule has 0 radical (unpaired) electrons. The Balaban J connectivity index is 1.36. The number of likely N-dealkylation sites (tertiary alicyclic amines) is 1. The molecule has 2 N–H and O–H groups in total. The van der Waals surface area contributed by atoms with Crippen LogP contribution in [-0.2, 0) is 0 Å². The summed E-state index contributed by atoms with van der Waals surface area (Å²) >= 11 is 0. The quantitative estimate of drug-likeness (QED) is 0.632. The number of benzene rings is 1. The number of H-pyrrole nitrogens is 1. The summed E-state index contributed by atoms with van der Waals surface area (Å²) in [5.41, 5.74) is 2.14. The van der Waals surface area contributed by atoms with Gasteiger partial charge in [0.25, 0.3) is 0 Å². The predicted molar refractivity (Wildman–Crippen MR) is 125 cm³/mol. The number of rotatable bonds is 6. The van der Waals surface area contributed by atoms with E-state index in [-0.39, 0.29) is 0 Å². The van der Waals surface area contributed by atoms with Gasteiger partial charge in [-0.3, -0.25) is 10.00 Å². The van der Waals surface area contributed by atoms with Crippen LogP contribution in [0.1, 0.15) is 36.3 Å². The van der Waals surface area contributed by atoms with Crippen LogP contribution in [0.4, 0.5) is 17.5 Å². The van der Waals surface area contributed by atoms with Crippen LogP contribution in [0.3, 0.4) is 0 Å². The normalized spacial score (nSPS) is 17.8. The number of aryl methyl sites for hydroxylation is 1. The predicted octanol–water partition coefficient (Wildman–Crippen LogP) is 4.10. The summed E-state index contributed by atoms with van der Waals surface area (Å²) in [6.07, 6.45) is 8.05. The third-order valence-electron chi connectivity index (χ3n) is 6.01. The van der Waals surface area contributed by atoms with E-state index in [1.807, 2.05) is 49.4 Å². The zero-order valence-corrected chi connectivity index (χ0v) is 18.0. The third kappa shape index (κ3) is 4.77. The van der Waals surface area contributed by atoms with Gasteiger partial charge in [-0.1, -0.05) is 42.8 Å². The lowest BCUT2D eigenvalue weighted by Gasteiger charge is -2.47. The Labute approximate surface area is 183 Å². The number of nitrogens with zero attached hydrogens (tertiary/aromatic N) is 5. The second kappa shape index (κ2) is 8.89. The summed E-state index contributed by atoms with van der Waals surface area (Å²) in [4.78, 5) is 14.5. The molecule has 0 aliphatic carbocycles. The fourth-order valence-electron chi connectivity index (χ4n) is 4.26. The van der Waals surface area contributed by atoms with E-state index in [1.165, 1.54) is 32.4 Å². The summed E-state index contributed by atoms with van der Waals surface area (Å²) < 4.78 is 0. The van der Waals surface area contributed by atoms with Crippen molar-refractivity contribution in [1.82, 2.24) is 25.1 Å². The standard InChI is InChI=1S/C24H29N7/c1-18-14-23(29-28-18)26-22-15-24(31-16-20(17-31)30-12-6-3-7-13-30)27-21(25-22)11-10-19-8-4-2-5-9-19/h2,4-5,8-11,14-15,20H,3,6-7,12-13,16-17H2,1H3,(H2,25,26,27,28,29)/b11-10+. The van der Waals surface area contributed by atoms with Gasteiger partial charge < -0.3 is 10.2 Å². The van der Waals surface area contributed by atoms with Gasteiger partial charge in [0.2, 0.25) is 0 Å². The molecule has 4 heterocycles. The molecule has 160 valence electrons. The fraction of sp³-hybridized carbons (Fsp3) is 0.375. The minimum atomic E-state index is 0.643. The first-order valence-electron chi connectivity index (χ1n) is 11.1. The molecular weight excluding hydrogens is 386 g/mol. The molecule has 2 fully saturated rings. The van der Waals surface area contributed by atoms with E-state index in [4.69, 9.17) is 9.97 Å². The first-order valence-corrected chi connectivity index (χ1v) is 11.1. The van der Waals surface area contributed by atoms with Crippen LogP contribution in [0.2, 0.25) is 0 Å².